The van der Waals surface area contributed by atoms with E-state index in [0.717, 1.165) is 41.4 Å². The van der Waals surface area contributed by atoms with E-state index in [0.29, 0.717) is 35.8 Å². The number of carbonyl (C=O) groups excluding carboxylic acids is 2. The summed E-state index contributed by atoms with van der Waals surface area (Å²) in [6.07, 6.45) is 0.228. The second-order valence-corrected chi connectivity index (χ2v) is 9.41. The SMILES string of the molecule is O=C(Cc1cccc(C(F)(F)F)c1)Nc1ccc(C2CCN(C(=O)c3ccc4ncncc4c3)CC2)cc1. The first-order valence-electron chi connectivity index (χ1n) is 12.3. The van der Waals surface area contributed by atoms with Crippen molar-refractivity contribution in [2.45, 2.75) is 31.4 Å². The Bertz CT molecular complexity index is 1460. The molecule has 0 atom stereocenters. The van der Waals surface area contributed by atoms with Gasteiger partial charge in [0.1, 0.15) is 6.33 Å². The lowest BCUT2D eigenvalue weighted by Crippen LogP contribution is -2.37. The van der Waals surface area contributed by atoms with Gasteiger partial charge < -0.3 is 10.2 Å². The van der Waals surface area contributed by atoms with Gasteiger partial charge >= 0.3 is 6.18 Å². The summed E-state index contributed by atoms with van der Waals surface area (Å²) in [5.74, 6) is -0.101. The number of nitrogens with zero attached hydrogens (tertiary/aromatic N) is 3. The number of benzene rings is 3. The lowest BCUT2D eigenvalue weighted by atomic mass is 9.89. The maximum Gasteiger partial charge on any atom is 0.416 e. The maximum atomic E-state index is 13.0. The number of anilines is 1. The first-order valence-corrected chi connectivity index (χ1v) is 12.3. The lowest BCUT2D eigenvalue weighted by Gasteiger charge is -2.32. The summed E-state index contributed by atoms with van der Waals surface area (Å²) in [5.41, 5.74) is 2.65. The largest absolute Gasteiger partial charge is 0.416 e. The van der Waals surface area contributed by atoms with Gasteiger partial charge in [0, 0.05) is 35.9 Å². The minimum Gasteiger partial charge on any atom is -0.339 e. The van der Waals surface area contributed by atoms with Gasteiger partial charge in [-0.05, 0) is 66.3 Å². The zero-order valence-electron chi connectivity index (χ0n) is 20.4. The van der Waals surface area contributed by atoms with Gasteiger partial charge in [-0.3, -0.25) is 9.59 Å². The number of likely N-dealkylation sites (tertiary alicyclic amines) is 1. The molecule has 1 saturated heterocycles. The quantitative estimate of drug-likeness (QED) is 0.360. The molecule has 0 radical (unpaired) electrons. The zero-order chi connectivity index (χ0) is 26.7. The molecular weight excluding hydrogens is 493 g/mol. The Morgan fingerprint density at radius 2 is 1.74 bits per heavy atom. The second-order valence-electron chi connectivity index (χ2n) is 9.41. The standard InChI is InChI=1S/C29H25F3N4O2/c30-29(31,32)24-3-1-2-19(14-24)15-27(37)35-25-7-4-20(5-8-25)21-10-12-36(13-11-21)28(38)22-6-9-26-23(16-22)17-33-18-34-26/h1-9,14,16-18,21H,10-13,15H2,(H,35,37). The van der Waals surface area contributed by atoms with Crippen molar-refractivity contribution in [3.63, 3.8) is 0 Å². The Hall–Kier alpha value is -4.27. The van der Waals surface area contributed by atoms with Crippen molar-refractivity contribution in [2.24, 2.45) is 0 Å². The highest BCUT2D eigenvalue weighted by atomic mass is 19.4. The lowest BCUT2D eigenvalue weighted by molar-refractivity contribution is -0.137. The summed E-state index contributed by atoms with van der Waals surface area (Å²) in [6, 6.07) is 17.7. The van der Waals surface area contributed by atoms with Gasteiger partial charge in [0.25, 0.3) is 5.91 Å². The number of halogens is 3. The Morgan fingerprint density at radius 1 is 0.974 bits per heavy atom. The van der Waals surface area contributed by atoms with Gasteiger partial charge in [-0.15, -0.1) is 0 Å². The Morgan fingerprint density at radius 3 is 2.47 bits per heavy atom. The molecule has 0 aliphatic carbocycles. The molecule has 38 heavy (non-hydrogen) atoms. The van der Waals surface area contributed by atoms with E-state index in [-0.39, 0.29) is 18.2 Å². The third kappa shape index (κ3) is 5.82. The number of carbonyl (C=O) groups is 2. The molecule has 6 nitrogen and oxygen atoms in total. The second kappa shape index (κ2) is 10.6. The third-order valence-electron chi connectivity index (χ3n) is 6.82. The zero-order valence-corrected chi connectivity index (χ0v) is 20.4. The van der Waals surface area contributed by atoms with Crippen LogP contribution in [0.15, 0.2) is 79.3 Å². The van der Waals surface area contributed by atoms with Crippen LogP contribution in [0.25, 0.3) is 10.9 Å². The predicted molar refractivity (Wildman–Crippen MR) is 138 cm³/mol. The fraction of sp³-hybridized carbons (Fsp3) is 0.241. The molecular formula is C29H25F3N4O2. The van der Waals surface area contributed by atoms with Crippen LogP contribution in [0, 0.1) is 0 Å². The molecule has 4 aromatic rings. The summed E-state index contributed by atoms with van der Waals surface area (Å²) in [4.78, 5) is 35.5. The highest BCUT2D eigenvalue weighted by molar-refractivity contribution is 5.98. The number of hydrogen-bond acceptors (Lipinski definition) is 4. The van der Waals surface area contributed by atoms with Crippen LogP contribution >= 0.6 is 0 Å². The first-order chi connectivity index (χ1) is 18.3. The summed E-state index contributed by atoms with van der Waals surface area (Å²) < 4.78 is 38.7. The van der Waals surface area contributed by atoms with Crippen molar-refractivity contribution < 1.29 is 22.8 Å². The molecule has 1 N–H and O–H groups in total. The summed E-state index contributed by atoms with van der Waals surface area (Å²) >= 11 is 0. The molecule has 3 aromatic carbocycles. The van der Waals surface area contributed by atoms with Gasteiger partial charge in [-0.1, -0.05) is 30.3 Å². The fourth-order valence-corrected chi connectivity index (χ4v) is 4.80. The summed E-state index contributed by atoms with van der Waals surface area (Å²) in [6.45, 7) is 1.28. The van der Waals surface area contributed by atoms with Crippen LogP contribution in [-0.2, 0) is 17.4 Å². The third-order valence-corrected chi connectivity index (χ3v) is 6.82. The van der Waals surface area contributed by atoms with Crippen LogP contribution in [0.3, 0.4) is 0 Å². The van der Waals surface area contributed by atoms with Crippen molar-refractivity contribution in [3.8, 4) is 0 Å². The van der Waals surface area contributed by atoms with Gasteiger partial charge in [-0.25, -0.2) is 9.97 Å². The van der Waals surface area contributed by atoms with Crippen molar-refractivity contribution in [1.29, 1.82) is 0 Å². The van der Waals surface area contributed by atoms with Crippen molar-refractivity contribution in [1.82, 2.24) is 14.9 Å². The molecule has 2 amide bonds. The Kier molecular flexibility index (Phi) is 7.09. The highest BCUT2D eigenvalue weighted by Gasteiger charge is 2.30. The monoisotopic (exact) mass is 518 g/mol. The van der Waals surface area contributed by atoms with Gasteiger partial charge in [0.05, 0.1) is 17.5 Å². The fourth-order valence-electron chi connectivity index (χ4n) is 4.80. The van der Waals surface area contributed by atoms with Crippen LogP contribution in [0.1, 0.15) is 45.8 Å². The van der Waals surface area contributed by atoms with Crippen LogP contribution in [0.5, 0.6) is 0 Å². The van der Waals surface area contributed by atoms with E-state index in [1.165, 1.54) is 18.5 Å². The topological polar surface area (TPSA) is 75.2 Å². The maximum absolute atomic E-state index is 13.0. The number of alkyl halides is 3. The normalized spacial score (nSPS) is 14.4. The van der Waals surface area contributed by atoms with Crippen LogP contribution in [-0.4, -0.2) is 39.8 Å². The Labute approximate surface area is 217 Å². The number of piperidine rings is 1. The molecule has 0 bridgehead atoms. The van der Waals surface area contributed by atoms with E-state index in [4.69, 9.17) is 0 Å². The molecule has 9 heteroatoms. The smallest absolute Gasteiger partial charge is 0.339 e. The minimum atomic E-state index is -4.45. The van der Waals surface area contributed by atoms with E-state index in [9.17, 15) is 22.8 Å². The molecule has 0 saturated carbocycles. The number of amides is 2. The predicted octanol–water partition coefficient (Wildman–Crippen LogP) is 5.85. The number of fused-ring (bicyclic) bond motifs is 1. The number of hydrogen-bond donors (Lipinski definition) is 1. The van der Waals surface area contributed by atoms with E-state index < -0.39 is 11.7 Å². The number of aromatic nitrogens is 2. The van der Waals surface area contributed by atoms with Crippen molar-refractivity contribution in [2.75, 3.05) is 18.4 Å². The van der Waals surface area contributed by atoms with Gasteiger partial charge in [0.2, 0.25) is 5.91 Å². The van der Waals surface area contributed by atoms with Crippen LogP contribution in [0.4, 0.5) is 18.9 Å². The van der Waals surface area contributed by atoms with Crippen molar-refractivity contribution >= 4 is 28.4 Å². The van der Waals surface area contributed by atoms with Crippen molar-refractivity contribution in [3.05, 3.63) is 102 Å². The summed E-state index contributed by atoms with van der Waals surface area (Å²) in [5, 5.41) is 3.58. The number of rotatable bonds is 5. The molecule has 5 rings (SSSR count). The van der Waals surface area contributed by atoms with Crippen LogP contribution < -0.4 is 5.32 Å². The molecule has 0 unspecified atom stereocenters. The van der Waals surface area contributed by atoms with Gasteiger partial charge in [0.15, 0.2) is 0 Å². The Balaban J connectivity index is 1.15. The average Bonchev–Trinajstić information content (AvgIpc) is 2.92. The molecule has 2 heterocycles. The first kappa shape index (κ1) is 25.4. The minimum absolute atomic E-state index is 0.00645. The van der Waals surface area contributed by atoms with E-state index in [2.05, 4.69) is 15.3 Å². The molecule has 1 aromatic heterocycles. The molecule has 1 aliphatic heterocycles. The molecule has 0 spiro atoms. The molecule has 1 fully saturated rings. The van der Waals surface area contributed by atoms with Gasteiger partial charge in [-0.2, -0.15) is 13.2 Å². The van der Waals surface area contributed by atoms with E-state index in [1.807, 2.05) is 29.2 Å². The van der Waals surface area contributed by atoms with Crippen LogP contribution in [0.2, 0.25) is 0 Å². The summed E-state index contributed by atoms with van der Waals surface area (Å²) in [7, 11) is 0. The van der Waals surface area contributed by atoms with E-state index in [1.54, 1.807) is 24.4 Å². The molecule has 194 valence electrons. The van der Waals surface area contributed by atoms with E-state index >= 15 is 0 Å². The average molecular weight is 519 g/mol. The molecule has 1 aliphatic rings. The number of nitrogens with one attached hydrogen (secondary N) is 1. The highest BCUT2D eigenvalue weighted by Crippen LogP contribution is 2.31.